The number of hydrogen-bond donors (Lipinski definition) is 0. The van der Waals surface area contributed by atoms with E-state index in [1.807, 2.05) is 48.5 Å². The molecule has 102 valence electrons. The third-order valence-corrected chi connectivity index (χ3v) is 3.62. The van der Waals surface area contributed by atoms with Crippen molar-refractivity contribution < 1.29 is 14.3 Å². The summed E-state index contributed by atoms with van der Waals surface area (Å²) in [6, 6.07) is 15.7. The van der Waals surface area contributed by atoms with E-state index >= 15 is 0 Å². The van der Waals surface area contributed by atoms with E-state index in [-0.39, 0.29) is 11.9 Å². The van der Waals surface area contributed by atoms with Crippen molar-refractivity contribution in [3.8, 4) is 11.5 Å². The van der Waals surface area contributed by atoms with Crippen molar-refractivity contribution in [2.75, 3.05) is 7.11 Å². The second kappa shape index (κ2) is 5.37. The van der Waals surface area contributed by atoms with Gasteiger partial charge in [-0.05, 0) is 48.2 Å². The van der Waals surface area contributed by atoms with E-state index in [2.05, 4.69) is 0 Å². The average molecular weight is 268 g/mol. The summed E-state index contributed by atoms with van der Waals surface area (Å²) >= 11 is 0. The third kappa shape index (κ3) is 2.52. The van der Waals surface area contributed by atoms with Crippen molar-refractivity contribution in [3.63, 3.8) is 0 Å². The average Bonchev–Trinajstić information content (AvgIpc) is 2.90. The van der Waals surface area contributed by atoms with E-state index in [9.17, 15) is 4.79 Å². The van der Waals surface area contributed by atoms with Gasteiger partial charge in [0.25, 0.3) is 0 Å². The Balaban J connectivity index is 1.77. The van der Waals surface area contributed by atoms with Gasteiger partial charge in [-0.25, -0.2) is 0 Å². The zero-order chi connectivity index (χ0) is 13.9. The Morgan fingerprint density at radius 2 is 1.75 bits per heavy atom. The molecule has 1 aliphatic rings. The maximum Gasteiger partial charge on any atom is 0.309 e. The van der Waals surface area contributed by atoms with Crippen molar-refractivity contribution in [2.24, 2.45) is 5.92 Å². The number of hydrogen-bond acceptors (Lipinski definition) is 3. The number of rotatable bonds is 3. The van der Waals surface area contributed by atoms with Gasteiger partial charge in [-0.3, -0.25) is 4.79 Å². The lowest BCUT2D eigenvalue weighted by Crippen LogP contribution is -2.15. The predicted octanol–water partition coefficient (Wildman–Crippen LogP) is 3.37. The summed E-state index contributed by atoms with van der Waals surface area (Å²) in [5.41, 5.74) is 2.38. The molecular weight excluding hydrogens is 252 g/mol. The Morgan fingerprint density at radius 3 is 2.50 bits per heavy atom. The normalized spacial score (nSPS) is 16.6. The second-order valence-electron chi connectivity index (χ2n) is 4.97. The van der Waals surface area contributed by atoms with Crippen LogP contribution in [-0.2, 0) is 22.4 Å². The quantitative estimate of drug-likeness (QED) is 0.801. The summed E-state index contributed by atoms with van der Waals surface area (Å²) in [7, 11) is 1.44. The number of carbonyl (C=O) groups excluding carboxylic acids is 1. The maximum absolute atomic E-state index is 11.6. The standard InChI is InChI=1S/C17H16O3/c1-19-17(18)14-9-12-7-8-16(11-13(12)10-14)20-15-5-3-2-4-6-15/h2-8,11,14H,9-10H2,1H3. The summed E-state index contributed by atoms with van der Waals surface area (Å²) in [6.07, 6.45) is 1.49. The fourth-order valence-electron chi connectivity index (χ4n) is 2.62. The Hall–Kier alpha value is -2.29. The molecule has 20 heavy (non-hydrogen) atoms. The van der Waals surface area contributed by atoms with Crippen molar-refractivity contribution in [1.82, 2.24) is 0 Å². The Labute approximate surface area is 118 Å². The molecule has 0 saturated carbocycles. The van der Waals surface area contributed by atoms with Gasteiger partial charge in [0, 0.05) is 0 Å². The van der Waals surface area contributed by atoms with Crippen LogP contribution >= 0.6 is 0 Å². The van der Waals surface area contributed by atoms with Crippen LogP contribution in [0.25, 0.3) is 0 Å². The number of para-hydroxylation sites is 1. The molecule has 1 unspecified atom stereocenters. The van der Waals surface area contributed by atoms with Gasteiger partial charge in [-0.2, -0.15) is 0 Å². The highest BCUT2D eigenvalue weighted by atomic mass is 16.5. The summed E-state index contributed by atoms with van der Waals surface area (Å²) < 4.78 is 10.6. The number of carbonyl (C=O) groups is 1. The first-order chi connectivity index (χ1) is 9.76. The van der Waals surface area contributed by atoms with E-state index in [1.54, 1.807) is 0 Å². The van der Waals surface area contributed by atoms with E-state index in [1.165, 1.54) is 18.2 Å². The van der Waals surface area contributed by atoms with Crippen LogP contribution in [0.1, 0.15) is 11.1 Å². The van der Waals surface area contributed by atoms with E-state index < -0.39 is 0 Å². The molecule has 2 aromatic carbocycles. The van der Waals surface area contributed by atoms with E-state index in [0.717, 1.165) is 24.3 Å². The number of fused-ring (bicyclic) bond motifs is 1. The summed E-state index contributed by atoms with van der Waals surface area (Å²) in [6.45, 7) is 0. The van der Waals surface area contributed by atoms with Crippen LogP contribution in [-0.4, -0.2) is 13.1 Å². The number of esters is 1. The topological polar surface area (TPSA) is 35.5 Å². The molecule has 1 atom stereocenters. The molecule has 0 aromatic heterocycles. The van der Waals surface area contributed by atoms with Crippen LogP contribution in [0.5, 0.6) is 11.5 Å². The lowest BCUT2D eigenvalue weighted by atomic mass is 10.1. The van der Waals surface area contributed by atoms with Crippen LogP contribution in [0.15, 0.2) is 48.5 Å². The Morgan fingerprint density at radius 1 is 1.00 bits per heavy atom. The third-order valence-electron chi connectivity index (χ3n) is 3.62. The second-order valence-corrected chi connectivity index (χ2v) is 4.97. The first-order valence-corrected chi connectivity index (χ1v) is 6.69. The smallest absolute Gasteiger partial charge is 0.309 e. The zero-order valence-corrected chi connectivity index (χ0v) is 11.3. The van der Waals surface area contributed by atoms with Crippen LogP contribution in [0.3, 0.4) is 0 Å². The van der Waals surface area contributed by atoms with Gasteiger partial charge in [0.1, 0.15) is 11.5 Å². The molecule has 3 heteroatoms. The molecule has 0 spiro atoms. The van der Waals surface area contributed by atoms with E-state index in [0.29, 0.717) is 0 Å². The minimum absolute atomic E-state index is 0.0537. The first kappa shape index (κ1) is 12.7. The Kier molecular flexibility index (Phi) is 3.42. The van der Waals surface area contributed by atoms with Gasteiger partial charge in [-0.1, -0.05) is 24.3 Å². The molecular formula is C17H16O3. The minimum atomic E-state index is -0.133. The molecule has 0 heterocycles. The lowest BCUT2D eigenvalue weighted by Gasteiger charge is -2.07. The number of ether oxygens (including phenoxy) is 2. The predicted molar refractivity (Wildman–Crippen MR) is 75.9 cm³/mol. The highest BCUT2D eigenvalue weighted by Crippen LogP contribution is 2.32. The van der Waals surface area contributed by atoms with Crippen LogP contribution in [0, 0.1) is 5.92 Å². The molecule has 0 fully saturated rings. The molecule has 1 aliphatic carbocycles. The van der Waals surface area contributed by atoms with Gasteiger partial charge in [0.05, 0.1) is 13.0 Å². The van der Waals surface area contributed by atoms with Crippen LogP contribution in [0.2, 0.25) is 0 Å². The van der Waals surface area contributed by atoms with Gasteiger partial charge >= 0.3 is 5.97 Å². The summed E-state index contributed by atoms with van der Waals surface area (Å²) in [5, 5.41) is 0. The monoisotopic (exact) mass is 268 g/mol. The fraction of sp³-hybridized carbons (Fsp3) is 0.235. The maximum atomic E-state index is 11.6. The van der Waals surface area contributed by atoms with Crippen LogP contribution < -0.4 is 4.74 Å². The van der Waals surface area contributed by atoms with Gasteiger partial charge < -0.3 is 9.47 Å². The van der Waals surface area contributed by atoms with Crippen molar-refractivity contribution in [3.05, 3.63) is 59.7 Å². The van der Waals surface area contributed by atoms with Crippen molar-refractivity contribution in [1.29, 1.82) is 0 Å². The number of methoxy groups -OCH3 is 1. The largest absolute Gasteiger partial charge is 0.469 e. The fourth-order valence-corrected chi connectivity index (χ4v) is 2.62. The molecule has 3 nitrogen and oxygen atoms in total. The van der Waals surface area contributed by atoms with Gasteiger partial charge in [-0.15, -0.1) is 0 Å². The van der Waals surface area contributed by atoms with Gasteiger partial charge in [0.15, 0.2) is 0 Å². The summed E-state index contributed by atoms with van der Waals surface area (Å²) in [5.74, 6) is 1.43. The molecule has 0 bridgehead atoms. The molecule has 2 aromatic rings. The SMILES string of the molecule is COC(=O)C1Cc2ccc(Oc3ccccc3)cc2C1. The summed E-state index contributed by atoms with van der Waals surface area (Å²) in [4.78, 5) is 11.6. The molecule has 3 rings (SSSR count). The van der Waals surface area contributed by atoms with Gasteiger partial charge in [0.2, 0.25) is 0 Å². The molecule has 0 amide bonds. The first-order valence-electron chi connectivity index (χ1n) is 6.69. The van der Waals surface area contributed by atoms with Crippen molar-refractivity contribution in [2.45, 2.75) is 12.8 Å². The van der Waals surface area contributed by atoms with Crippen molar-refractivity contribution >= 4 is 5.97 Å². The molecule has 0 radical (unpaired) electrons. The number of benzene rings is 2. The molecule has 0 aliphatic heterocycles. The Bertz CT molecular complexity index is 619. The highest BCUT2D eigenvalue weighted by molar-refractivity contribution is 5.74. The lowest BCUT2D eigenvalue weighted by molar-refractivity contribution is -0.145. The van der Waals surface area contributed by atoms with Crippen LogP contribution in [0.4, 0.5) is 0 Å². The minimum Gasteiger partial charge on any atom is -0.469 e. The molecule has 0 saturated heterocycles. The zero-order valence-electron chi connectivity index (χ0n) is 11.3. The highest BCUT2D eigenvalue weighted by Gasteiger charge is 2.28. The molecule has 0 N–H and O–H groups in total. The van der Waals surface area contributed by atoms with E-state index in [4.69, 9.17) is 9.47 Å².